The van der Waals surface area contributed by atoms with Crippen LogP contribution in [0.3, 0.4) is 0 Å². The number of benzene rings is 2. The van der Waals surface area contributed by atoms with E-state index in [1.807, 2.05) is 23.1 Å². The van der Waals surface area contributed by atoms with Gasteiger partial charge in [0.05, 0.1) is 4.90 Å². The maximum Gasteiger partial charge on any atom is 0.253 e. The van der Waals surface area contributed by atoms with Crippen molar-refractivity contribution in [1.29, 1.82) is 0 Å². The maximum atomic E-state index is 13.0. The van der Waals surface area contributed by atoms with E-state index in [4.69, 9.17) is 0 Å². The predicted molar refractivity (Wildman–Crippen MR) is 114 cm³/mol. The lowest BCUT2D eigenvalue weighted by atomic mass is 10.0. The SMILES string of the molecule is CC1CN(C(=O)c2ccc(S(=O)(=O)N(C)C)cc2)CC(C)N1Cc1ccccc1. The zero-order valence-corrected chi connectivity index (χ0v) is 18.3. The molecule has 1 saturated heterocycles. The molecule has 0 bridgehead atoms. The van der Waals surface area contributed by atoms with Gasteiger partial charge in [0, 0.05) is 51.4 Å². The smallest absolute Gasteiger partial charge is 0.253 e. The lowest BCUT2D eigenvalue weighted by Gasteiger charge is -2.44. The Kier molecular flexibility index (Phi) is 6.41. The second-order valence-electron chi connectivity index (χ2n) is 7.88. The van der Waals surface area contributed by atoms with Gasteiger partial charge in [-0.1, -0.05) is 30.3 Å². The Morgan fingerprint density at radius 3 is 2.03 bits per heavy atom. The van der Waals surface area contributed by atoms with Crippen LogP contribution < -0.4 is 0 Å². The minimum absolute atomic E-state index is 0.0585. The van der Waals surface area contributed by atoms with Gasteiger partial charge < -0.3 is 4.90 Å². The third-order valence-electron chi connectivity index (χ3n) is 5.48. The Morgan fingerprint density at radius 2 is 1.52 bits per heavy atom. The van der Waals surface area contributed by atoms with E-state index in [0.29, 0.717) is 18.7 Å². The molecule has 0 spiro atoms. The molecule has 2 aromatic rings. The van der Waals surface area contributed by atoms with Crippen molar-refractivity contribution in [2.45, 2.75) is 37.4 Å². The van der Waals surface area contributed by atoms with E-state index >= 15 is 0 Å². The molecule has 2 atom stereocenters. The fraction of sp³-hybridized carbons (Fsp3) is 0.409. The molecule has 2 unspecified atom stereocenters. The number of carbonyl (C=O) groups is 1. The number of rotatable bonds is 5. The zero-order chi connectivity index (χ0) is 21.2. The van der Waals surface area contributed by atoms with Crippen LogP contribution in [0.4, 0.5) is 0 Å². The highest BCUT2D eigenvalue weighted by molar-refractivity contribution is 7.89. The Hall–Kier alpha value is -2.22. The first kappa shape index (κ1) is 21.5. The Labute approximate surface area is 173 Å². The first-order chi connectivity index (χ1) is 13.7. The summed E-state index contributed by atoms with van der Waals surface area (Å²) in [7, 11) is -0.513. The summed E-state index contributed by atoms with van der Waals surface area (Å²) in [5, 5.41) is 0. The summed E-state index contributed by atoms with van der Waals surface area (Å²) in [6, 6.07) is 17.0. The fourth-order valence-corrected chi connectivity index (χ4v) is 4.69. The van der Waals surface area contributed by atoms with Gasteiger partial charge in [-0.05, 0) is 43.7 Å². The van der Waals surface area contributed by atoms with Crippen LogP contribution in [0, 0.1) is 0 Å². The van der Waals surface area contributed by atoms with E-state index in [-0.39, 0.29) is 22.9 Å². The van der Waals surface area contributed by atoms with Crippen molar-refractivity contribution in [3.05, 3.63) is 65.7 Å². The molecule has 1 fully saturated rings. The summed E-state index contributed by atoms with van der Waals surface area (Å²) >= 11 is 0. The zero-order valence-electron chi connectivity index (χ0n) is 17.4. The van der Waals surface area contributed by atoms with E-state index in [9.17, 15) is 13.2 Å². The highest BCUT2D eigenvalue weighted by Crippen LogP contribution is 2.21. The van der Waals surface area contributed by atoms with Crippen LogP contribution in [-0.2, 0) is 16.6 Å². The van der Waals surface area contributed by atoms with Crippen LogP contribution in [0.2, 0.25) is 0 Å². The van der Waals surface area contributed by atoms with Gasteiger partial charge in [-0.2, -0.15) is 0 Å². The van der Waals surface area contributed by atoms with Gasteiger partial charge in [0.2, 0.25) is 10.0 Å². The molecular weight excluding hydrogens is 386 g/mol. The molecular formula is C22H29N3O3S. The third kappa shape index (κ3) is 4.69. The summed E-state index contributed by atoms with van der Waals surface area (Å²) < 4.78 is 25.6. The summed E-state index contributed by atoms with van der Waals surface area (Å²) in [5.74, 6) is -0.0585. The summed E-state index contributed by atoms with van der Waals surface area (Å²) in [6.45, 7) is 6.45. The van der Waals surface area contributed by atoms with Crippen molar-refractivity contribution >= 4 is 15.9 Å². The minimum Gasteiger partial charge on any atom is -0.336 e. The van der Waals surface area contributed by atoms with Gasteiger partial charge >= 0.3 is 0 Å². The van der Waals surface area contributed by atoms with Crippen LogP contribution >= 0.6 is 0 Å². The lowest BCUT2D eigenvalue weighted by Crippen LogP contribution is -2.57. The number of carbonyl (C=O) groups excluding carboxylic acids is 1. The number of piperazine rings is 1. The molecule has 0 radical (unpaired) electrons. The van der Waals surface area contributed by atoms with Gasteiger partial charge in [-0.25, -0.2) is 12.7 Å². The molecule has 7 heteroatoms. The molecule has 156 valence electrons. The average molecular weight is 416 g/mol. The lowest BCUT2D eigenvalue weighted by molar-refractivity contribution is 0.0269. The van der Waals surface area contributed by atoms with E-state index in [1.165, 1.54) is 36.1 Å². The predicted octanol–water partition coefficient (Wildman–Crippen LogP) is 2.67. The monoisotopic (exact) mass is 415 g/mol. The molecule has 0 aliphatic carbocycles. The average Bonchev–Trinajstić information content (AvgIpc) is 2.70. The largest absolute Gasteiger partial charge is 0.336 e. The Morgan fingerprint density at radius 1 is 0.966 bits per heavy atom. The van der Waals surface area contributed by atoms with Gasteiger partial charge in [0.15, 0.2) is 0 Å². The highest BCUT2D eigenvalue weighted by Gasteiger charge is 2.32. The summed E-state index contributed by atoms with van der Waals surface area (Å²) in [6.07, 6.45) is 0. The third-order valence-corrected chi connectivity index (χ3v) is 7.31. The summed E-state index contributed by atoms with van der Waals surface area (Å²) in [4.78, 5) is 17.5. The summed E-state index contributed by atoms with van der Waals surface area (Å²) in [5.41, 5.74) is 1.78. The highest BCUT2D eigenvalue weighted by atomic mass is 32.2. The Balaban J connectivity index is 1.70. The number of hydrogen-bond acceptors (Lipinski definition) is 4. The first-order valence-corrected chi connectivity index (χ1v) is 11.3. The van der Waals surface area contributed by atoms with Gasteiger partial charge in [0.25, 0.3) is 5.91 Å². The quantitative estimate of drug-likeness (QED) is 0.753. The normalized spacial score (nSPS) is 20.8. The molecule has 0 saturated carbocycles. The maximum absolute atomic E-state index is 13.0. The number of sulfonamides is 1. The van der Waals surface area contributed by atoms with Crippen molar-refractivity contribution in [2.75, 3.05) is 27.2 Å². The first-order valence-electron chi connectivity index (χ1n) is 9.81. The van der Waals surface area contributed by atoms with Crippen molar-refractivity contribution < 1.29 is 13.2 Å². The standard InChI is InChI=1S/C22H29N3O3S/c1-17-14-24(15-18(2)25(17)16-19-8-6-5-7-9-19)22(26)20-10-12-21(13-11-20)29(27,28)23(3)4/h5-13,17-18H,14-16H2,1-4H3. The number of hydrogen-bond donors (Lipinski definition) is 0. The second kappa shape index (κ2) is 8.65. The van der Waals surface area contributed by atoms with E-state index in [2.05, 4.69) is 30.9 Å². The van der Waals surface area contributed by atoms with Crippen LogP contribution in [0.15, 0.2) is 59.5 Å². The van der Waals surface area contributed by atoms with Gasteiger partial charge in [-0.3, -0.25) is 9.69 Å². The van der Waals surface area contributed by atoms with E-state index in [1.54, 1.807) is 12.1 Å². The van der Waals surface area contributed by atoms with Crippen LogP contribution in [0.5, 0.6) is 0 Å². The molecule has 0 N–H and O–H groups in total. The molecule has 1 heterocycles. The Bertz CT molecular complexity index is 931. The van der Waals surface area contributed by atoms with Crippen molar-refractivity contribution in [3.8, 4) is 0 Å². The second-order valence-corrected chi connectivity index (χ2v) is 10.0. The van der Waals surface area contributed by atoms with Crippen LogP contribution in [-0.4, -0.2) is 67.7 Å². The van der Waals surface area contributed by atoms with E-state index < -0.39 is 10.0 Å². The van der Waals surface area contributed by atoms with Gasteiger partial charge in [0.1, 0.15) is 0 Å². The fourth-order valence-electron chi connectivity index (χ4n) is 3.79. The van der Waals surface area contributed by atoms with Crippen molar-refractivity contribution in [3.63, 3.8) is 0 Å². The van der Waals surface area contributed by atoms with Gasteiger partial charge in [-0.15, -0.1) is 0 Å². The molecule has 0 aromatic heterocycles. The van der Waals surface area contributed by atoms with Crippen LogP contribution in [0.1, 0.15) is 29.8 Å². The number of amides is 1. The number of nitrogens with zero attached hydrogens (tertiary/aromatic N) is 3. The molecule has 6 nitrogen and oxygen atoms in total. The molecule has 1 aliphatic heterocycles. The molecule has 1 aliphatic rings. The van der Waals surface area contributed by atoms with Crippen molar-refractivity contribution in [1.82, 2.24) is 14.1 Å². The van der Waals surface area contributed by atoms with Crippen LogP contribution in [0.25, 0.3) is 0 Å². The minimum atomic E-state index is -3.50. The molecule has 29 heavy (non-hydrogen) atoms. The molecule has 1 amide bonds. The molecule has 3 rings (SSSR count). The molecule has 2 aromatic carbocycles. The van der Waals surface area contributed by atoms with Crippen molar-refractivity contribution in [2.24, 2.45) is 0 Å². The van der Waals surface area contributed by atoms with E-state index in [0.717, 1.165) is 6.54 Å². The topological polar surface area (TPSA) is 60.9 Å².